The zero-order valence-corrected chi connectivity index (χ0v) is 13.8. The van der Waals surface area contributed by atoms with Crippen LogP contribution in [-0.2, 0) is 20.4 Å². The third-order valence-electron chi connectivity index (χ3n) is 3.85. The number of ether oxygens (including phenoxy) is 1. The van der Waals surface area contributed by atoms with Crippen molar-refractivity contribution < 1.29 is 23.6 Å². The number of aromatic nitrogens is 4. The summed E-state index contributed by atoms with van der Waals surface area (Å²) in [6.07, 6.45) is 6.35. The molecule has 0 bridgehead atoms. The second kappa shape index (κ2) is 6.59. The average molecular weight is 369 g/mol. The van der Waals surface area contributed by atoms with Gasteiger partial charge in [0.1, 0.15) is 0 Å². The van der Waals surface area contributed by atoms with Crippen molar-refractivity contribution in [2.45, 2.75) is 25.2 Å². The lowest BCUT2D eigenvalue weighted by Gasteiger charge is -2.16. The Bertz CT molecular complexity index is 927. The highest BCUT2D eigenvalue weighted by Gasteiger charge is 2.36. The number of nitrogens with zero attached hydrogens (tertiary/aromatic N) is 3. The van der Waals surface area contributed by atoms with Crippen LogP contribution in [0, 0.1) is 18.3 Å². The fourth-order valence-corrected chi connectivity index (χ4v) is 3.12. The van der Waals surface area contributed by atoms with Gasteiger partial charge in [-0.15, -0.1) is 12.3 Å². The Kier molecular flexibility index (Phi) is 4.64. The monoisotopic (exact) mass is 369 g/mol. The zero-order chi connectivity index (χ0) is 18.2. The summed E-state index contributed by atoms with van der Waals surface area (Å²) in [6, 6.07) is 0. The Balaban J connectivity index is 1.77. The van der Waals surface area contributed by atoms with E-state index in [0.717, 1.165) is 0 Å². The smallest absolute Gasteiger partial charge is 0.369 e. The number of imidazole rings is 1. The number of H-pyrrole nitrogens is 1. The Labute approximate surface area is 141 Å². The molecule has 0 radical (unpaired) electrons. The topological polar surface area (TPSA) is 166 Å². The summed E-state index contributed by atoms with van der Waals surface area (Å²) in [5, 5.41) is 0. The molecule has 1 fully saturated rings. The van der Waals surface area contributed by atoms with E-state index >= 15 is 0 Å². The summed E-state index contributed by atoms with van der Waals surface area (Å²) in [4.78, 5) is 39.8. The van der Waals surface area contributed by atoms with E-state index in [0.29, 0.717) is 12.1 Å². The first-order valence-electron chi connectivity index (χ1n) is 7.29. The number of anilines is 1. The van der Waals surface area contributed by atoms with Gasteiger partial charge in [-0.1, -0.05) is 0 Å². The number of nitrogens with one attached hydrogen (secondary N) is 1. The molecule has 2 aromatic rings. The van der Waals surface area contributed by atoms with E-state index in [9.17, 15) is 9.36 Å². The third-order valence-corrected chi connectivity index (χ3v) is 4.33. The molecule has 3 atom stereocenters. The van der Waals surface area contributed by atoms with Gasteiger partial charge >= 0.3 is 7.82 Å². The number of nitrogens with two attached hydrogens (primary N) is 1. The van der Waals surface area contributed by atoms with E-state index in [-0.39, 0.29) is 30.5 Å². The largest absolute Gasteiger partial charge is 0.469 e. The highest BCUT2D eigenvalue weighted by atomic mass is 31.2. The van der Waals surface area contributed by atoms with Crippen LogP contribution < -0.4 is 11.3 Å². The minimum Gasteiger partial charge on any atom is -0.369 e. The van der Waals surface area contributed by atoms with Crippen molar-refractivity contribution >= 4 is 24.9 Å². The van der Waals surface area contributed by atoms with Crippen LogP contribution in [0.5, 0.6) is 0 Å². The fraction of sp³-hybridized carbons (Fsp3) is 0.462. The van der Waals surface area contributed by atoms with Crippen LogP contribution in [0.25, 0.3) is 11.2 Å². The van der Waals surface area contributed by atoms with Crippen LogP contribution >= 0.6 is 7.82 Å². The van der Waals surface area contributed by atoms with E-state index in [2.05, 4.69) is 25.4 Å². The quantitative estimate of drug-likeness (QED) is 0.390. The van der Waals surface area contributed by atoms with Gasteiger partial charge in [0.15, 0.2) is 11.2 Å². The summed E-state index contributed by atoms with van der Waals surface area (Å²) in [6.45, 7) is -0.0117. The van der Waals surface area contributed by atoms with Crippen LogP contribution in [-0.4, -0.2) is 48.1 Å². The van der Waals surface area contributed by atoms with Crippen LogP contribution in [0.2, 0.25) is 0 Å². The Morgan fingerprint density at radius 2 is 2.36 bits per heavy atom. The van der Waals surface area contributed by atoms with Gasteiger partial charge in [0.25, 0.3) is 5.56 Å². The molecule has 11 nitrogen and oxygen atoms in total. The summed E-state index contributed by atoms with van der Waals surface area (Å²) < 4.78 is 22.6. The van der Waals surface area contributed by atoms with Gasteiger partial charge in [-0.2, -0.15) is 4.98 Å². The van der Waals surface area contributed by atoms with Gasteiger partial charge < -0.3 is 24.8 Å². The molecule has 3 heterocycles. The first-order valence-corrected chi connectivity index (χ1v) is 8.82. The molecule has 5 N–H and O–H groups in total. The van der Waals surface area contributed by atoms with Gasteiger partial charge in [-0.3, -0.25) is 14.3 Å². The maximum atomic E-state index is 11.8. The van der Waals surface area contributed by atoms with Crippen molar-refractivity contribution in [2.75, 3.05) is 12.3 Å². The second-order valence-electron chi connectivity index (χ2n) is 5.61. The highest BCUT2D eigenvalue weighted by Crippen LogP contribution is 2.38. The first kappa shape index (κ1) is 17.6. The van der Waals surface area contributed by atoms with E-state index in [1.807, 2.05) is 0 Å². The van der Waals surface area contributed by atoms with E-state index in [1.54, 1.807) is 4.57 Å². The summed E-state index contributed by atoms with van der Waals surface area (Å²) in [5.41, 5.74) is 5.55. The fourth-order valence-electron chi connectivity index (χ4n) is 2.76. The van der Waals surface area contributed by atoms with Crippen molar-refractivity contribution in [2.24, 2.45) is 5.92 Å². The van der Waals surface area contributed by atoms with Gasteiger partial charge in [0.2, 0.25) is 5.95 Å². The molecular weight excluding hydrogens is 353 g/mol. The molecule has 0 saturated carbocycles. The number of phosphoric acid groups is 1. The second-order valence-corrected chi connectivity index (χ2v) is 6.85. The van der Waals surface area contributed by atoms with Gasteiger partial charge in [0, 0.05) is 0 Å². The minimum atomic E-state index is -4.58. The summed E-state index contributed by atoms with van der Waals surface area (Å²) in [5.74, 6) is 2.28. The molecule has 134 valence electrons. The number of hydrogen-bond acceptors (Lipinski definition) is 7. The number of phosphoric ester groups is 1. The maximum Gasteiger partial charge on any atom is 0.469 e. The molecule has 12 heteroatoms. The van der Waals surface area contributed by atoms with Crippen molar-refractivity contribution in [3.63, 3.8) is 0 Å². The van der Waals surface area contributed by atoms with Crippen LogP contribution in [0.1, 0.15) is 6.42 Å². The Morgan fingerprint density at radius 3 is 3.04 bits per heavy atom. The van der Waals surface area contributed by atoms with Crippen molar-refractivity contribution in [3.05, 3.63) is 16.7 Å². The molecule has 3 rings (SSSR count). The molecule has 1 aliphatic rings. The van der Waals surface area contributed by atoms with Crippen molar-refractivity contribution in [1.29, 1.82) is 0 Å². The van der Waals surface area contributed by atoms with Crippen molar-refractivity contribution in [3.8, 4) is 12.3 Å². The molecule has 2 aromatic heterocycles. The number of rotatable bonds is 5. The molecular formula is C13H16N5O6P. The SMILES string of the molecule is C#C[C@H]1C[C@@H](COP(=O)(O)O)O[C@H]1Cn1cnc2c(=O)[nH]c(N)nc21. The van der Waals surface area contributed by atoms with Gasteiger partial charge in [-0.25, -0.2) is 9.55 Å². The Morgan fingerprint density at radius 1 is 1.60 bits per heavy atom. The molecule has 0 aromatic carbocycles. The first-order chi connectivity index (χ1) is 11.8. The molecule has 25 heavy (non-hydrogen) atoms. The normalized spacial score (nSPS) is 23.8. The summed E-state index contributed by atoms with van der Waals surface area (Å²) in [7, 11) is -4.58. The Hall–Kier alpha value is -2.22. The molecule has 0 aliphatic carbocycles. The number of hydrogen-bond donors (Lipinski definition) is 4. The van der Waals surface area contributed by atoms with Crippen LogP contribution in [0.3, 0.4) is 0 Å². The molecule has 1 saturated heterocycles. The number of aromatic amines is 1. The predicted octanol–water partition coefficient (Wildman–Crippen LogP) is -0.782. The lowest BCUT2D eigenvalue weighted by molar-refractivity contribution is 0.00106. The molecule has 0 spiro atoms. The van der Waals surface area contributed by atoms with Crippen LogP contribution in [0.15, 0.2) is 11.1 Å². The maximum absolute atomic E-state index is 11.8. The number of fused-ring (bicyclic) bond motifs is 1. The lowest BCUT2D eigenvalue weighted by atomic mass is 10.0. The van der Waals surface area contributed by atoms with Crippen molar-refractivity contribution in [1.82, 2.24) is 19.5 Å². The van der Waals surface area contributed by atoms with E-state index in [4.69, 9.17) is 26.7 Å². The third kappa shape index (κ3) is 3.89. The van der Waals surface area contributed by atoms with Crippen LogP contribution in [0.4, 0.5) is 5.95 Å². The molecule has 1 aliphatic heterocycles. The lowest BCUT2D eigenvalue weighted by Crippen LogP contribution is -2.23. The molecule has 0 unspecified atom stereocenters. The summed E-state index contributed by atoms with van der Waals surface area (Å²) >= 11 is 0. The van der Waals surface area contributed by atoms with E-state index < -0.39 is 25.6 Å². The standard InChI is InChI=1S/C13H16N5O6P/c1-2-7-3-8(5-23-25(20,21)22)24-9(7)4-18-6-15-10-11(18)16-13(14)17-12(10)19/h1,6-9H,3-5H2,(H2,20,21,22)(H3,14,16,17,19)/t7-,8-,9-/m0/s1. The van der Waals surface area contributed by atoms with Gasteiger partial charge in [0.05, 0.1) is 37.6 Å². The zero-order valence-electron chi connectivity index (χ0n) is 12.9. The molecule has 0 amide bonds. The minimum absolute atomic E-state index is 0.0342. The average Bonchev–Trinajstić information content (AvgIpc) is 3.09. The predicted molar refractivity (Wildman–Crippen MR) is 86.2 cm³/mol. The highest BCUT2D eigenvalue weighted by molar-refractivity contribution is 7.46. The van der Waals surface area contributed by atoms with E-state index in [1.165, 1.54) is 6.33 Å². The number of terminal acetylenes is 1. The van der Waals surface area contributed by atoms with Gasteiger partial charge in [-0.05, 0) is 6.42 Å². The number of nitrogen functional groups attached to an aromatic ring is 1.